The van der Waals surface area contributed by atoms with Gasteiger partial charge in [0.25, 0.3) is 0 Å². The van der Waals surface area contributed by atoms with Crippen LogP contribution >= 0.6 is 11.8 Å². The van der Waals surface area contributed by atoms with E-state index >= 15 is 0 Å². The Morgan fingerprint density at radius 3 is 2.37 bits per heavy atom. The maximum absolute atomic E-state index is 12.5. The Bertz CT molecular complexity index is 549. The summed E-state index contributed by atoms with van der Waals surface area (Å²) in [6, 6.07) is 8.82. The molecule has 1 aromatic heterocycles. The lowest BCUT2D eigenvalue weighted by Crippen LogP contribution is -2.04. The van der Waals surface area contributed by atoms with E-state index < -0.39 is 11.7 Å². The summed E-state index contributed by atoms with van der Waals surface area (Å²) in [6.45, 7) is 2.01. The summed E-state index contributed by atoms with van der Waals surface area (Å²) in [5, 5.41) is 0.838. The molecule has 2 rings (SSSR count). The molecule has 2 aromatic rings. The van der Waals surface area contributed by atoms with Gasteiger partial charge >= 0.3 is 6.18 Å². The number of hydrogen-bond donors (Lipinski definition) is 0. The summed E-state index contributed by atoms with van der Waals surface area (Å²) in [4.78, 5) is 4.26. The summed E-state index contributed by atoms with van der Waals surface area (Å²) >= 11 is 1.57. The number of halogens is 3. The van der Waals surface area contributed by atoms with Crippen LogP contribution in [0.3, 0.4) is 0 Å². The molecule has 5 heteroatoms. The minimum absolute atomic E-state index is 0.634. The highest BCUT2D eigenvalue weighted by Crippen LogP contribution is 2.33. The van der Waals surface area contributed by atoms with Crippen LogP contribution in [0.4, 0.5) is 13.2 Å². The van der Waals surface area contributed by atoms with E-state index in [1.54, 1.807) is 24.0 Å². The van der Waals surface area contributed by atoms with Crippen LogP contribution in [-0.4, -0.2) is 10.7 Å². The zero-order valence-corrected chi connectivity index (χ0v) is 11.1. The van der Waals surface area contributed by atoms with Gasteiger partial charge in [-0.05, 0) is 29.5 Å². The monoisotopic (exact) mass is 283 g/mol. The minimum atomic E-state index is -4.30. The van der Waals surface area contributed by atoms with Gasteiger partial charge in [-0.15, -0.1) is 11.8 Å². The van der Waals surface area contributed by atoms with Crippen molar-refractivity contribution in [1.82, 2.24) is 4.98 Å². The molecule has 0 amide bonds. The molecule has 0 bridgehead atoms. The molecule has 0 spiro atoms. The number of alkyl halides is 3. The van der Waals surface area contributed by atoms with E-state index in [0.29, 0.717) is 0 Å². The van der Waals surface area contributed by atoms with Gasteiger partial charge in [0.05, 0.1) is 5.56 Å². The van der Waals surface area contributed by atoms with Crippen LogP contribution in [0.25, 0.3) is 11.1 Å². The molecule has 1 nitrogen and oxygen atoms in total. The minimum Gasteiger partial charge on any atom is -0.249 e. The van der Waals surface area contributed by atoms with Crippen molar-refractivity contribution < 1.29 is 13.2 Å². The van der Waals surface area contributed by atoms with Gasteiger partial charge in [-0.25, -0.2) is 4.98 Å². The topological polar surface area (TPSA) is 12.9 Å². The lowest BCUT2D eigenvalue weighted by atomic mass is 10.1. The summed E-state index contributed by atoms with van der Waals surface area (Å²) in [6.07, 6.45) is -2.61. The van der Waals surface area contributed by atoms with Crippen LogP contribution in [0.2, 0.25) is 0 Å². The van der Waals surface area contributed by atoms with Gasteiger partial charge in [0.2, 0.25) is 0 Å². The molecule has 0 N–H and O–H groups in total. The maximum Gasteiger partial charge on any atom is 0.416 e. The second-order valence-corrected chi connectivity index (χ2v) is 5.12. The van der Waals surface area contributed by atoms with Gasteiger partial charge in [0.15, 0.2) is 0 Å². The molecule has 0 unspecified atom stereocenters. The molecule has 1 heterocycles. The van der Waals surface area contributed by atoms with Crippen LogP contribution in [0, 0.1) is 0 Å². The molecule has 0 aliphatic carbocycles. The van der Waals surface area contributed by atoms with Crippen molar-refractivity contribution in [3.05, 3.63) is 48.2 Å². The Morgan fingerprint density at radius 1 is 1.11 bits per heavy atom. The van der Waals surface area contributed by atoms with E-state index in [0.717, 1.165) is 34.0 Å². The van der Waals surface area contributed by atoms with Crippen molar-refractivity contribution in [2.45, 2.75) is 18.1 Å². The molecule has 0 saturated heterocycles. The highest BCUT2D eigenvalue weighted by molar-refractivity contribution is 7.99. The van der Waals surface area contributed by atoms with E-state index in [9.17, 15) is 13.2 Å². The molecule has 0 radical (unpaired) electrons. The van der Waals surface area contributed by atoms with Crippen LogP contribution < -0.4 is 0 Å². The average Bonchev–Trinajstić information content (AvgIpc) is 2.39. The Morgan fingerprint density at radius 2 is 1.79 bits per heavy atom. The second-order valence-electron chi connectivity index (χ2n) is 3.86. The molecular weight excluding hydrogens is 271 g/mol. The fraction of sp³-hybridized carbons (Fsp3) is 0.214. The van der Waals surface area contributed by atoms with Crippen molar-refractivity contribution in [3.63, 3.8) is 0 Å². The van der Waals surface area contributed by atoms with E-state index in [1.807, 2.05) is 13.0 Å². The summed E-state index contributed by atoms with van der Waals surface area (Å²) in [5.74, 6) is 0.866. The molecule has 0 fully saturated rings. The number of rotatable bonds is 3. The number of nitrogens with zero attached hydrogens (tertiary/aromatic N) is 1. The Balaban J connectivity index is 2.37. The van der Waals surface area contributed by atoms with Gasteiger partial charge in [0, 0.05) is 11.8 Å². The summed E-state index contributed by atoms with van der Waals surface area (Å²) < 4.78 is 37.5. The first-order chi connectivity index (χ1) is 9.02. The first kappa shape index (κ1) is 13.9. The second kappa shape index (κ2) is 5.65. The SMILES string of the molecule is CCSc1ncccc1-c1ccc(C(F)(F)F)cc1. The summed E-state index contributed by atoms with van der Waals surface area (Å²) in [5.41, 5.74) is 0.977. The zero-order chi connectivity index (χ0) is 13.9. The molecule has 19 heavy (non-hydrogen) atoms. The Kier molecular flexibility index (Phi) is 4.14. The number of aromatic nitrogens is 1. The van der Waals surface area contributed by atoms with E-state index in [4.69, 9.17) is 0 Å². The van der Waals surface area contributed by atoms with Crippen molar-refractivity contribution in [2.24, 2.45) is 0 Å². The zero-order valence-electron chi connectivity index (χ0n) is 10.2. The smallest absolute Gasteiger partial charge is 0.249 e. The predicted molar refractivity (Wildman–Crippen MR) is 71.1 cm³/mol. The largest absolute Gasteiger partial charge is 0.416 e. The van der Waals surface area contributed by atoms with Crippen LogP contribution in [0.1, 0.15) is 12.5 Å². The van der Waals surface area contributed by atoms with Crippen molar-refractivity contribution >= 4 is 11.8 Å². The first-order valence-electron chi connectivity index (χ1n) is 5.78. The van der Waals surface area contributed by atoms with Crippen molar-refractivity contribution in [2.75, 3.05) is 5.75 Å². The fourth-order valence-corrected chi connectivity index (χ4v) is 2.45. The van der Waals surface area contributed by atoms with Crippen LogP contribution in [0.5, 0.6) is 0 Å². The van der Waals surface area contributed by atoms with E-state index in [2.05, 4.69) is 4.98 Å². The molecule has 1 aromatic carbocycles. The fourth-order valence-electron chi connectivity index (χ4n) is 1.70. The van der Waals surface area contributed by atoms with E-state index in [1.165, 1.54) is 12.1 Å². The third-order valence-corrected chi connectivity index (χ3v) is 3.46. The van der Waals surface area contributed by atoms with Crippen molar-refractivity contribution in [3.8, 4) is 11.1 Å². The Labute approximate surface area is 113 Å². The molecule has 0 saturated carbocycles. The normalized spacial score (nSPS) is 11.6. The first-order valence-corrected chi connectivity index (χ1v) is 6.76. The standard InChI is InChI=1S/C14H12F3NS/c1-2-19-13-12(4-3-9-18-13)10-5-7-11(8-6-10)14(15,16)17/h3-9H,2H2,1H3. The Hall–Kier alpha value is -1.49. The third-order valence-electron chi connectivity index (χ3n) is 2.58. The molecule has 100 valence electrons. The van der Waals surface area contributed by atoms with Gasteiger partial charge in [-0.2, -0.15) is 13.2 Å². The van der Waals surface area contributed by atoms with Gasteiger partial charge in [-0.1, -0.05) is 25.1 Å². The number of pyridine rings is 1. The molecule has 0 aliphatic heterocycles. The van der Waals surface area contributed by atoms with Crippen molar-refractivity contribution in [1.29, 1.82) is 0 Å². The lowest BCUT2D eigenvalue weighted by molar-refractivity contribution is -0.137. The molecular formula is C14H12F3NS. The average molecular weight is 283 g/mol. The number of hydrogen-bond acceptors (Lipinski definition) is 2. The number of benzene rings is 1. The van der Waals surface area contributed by atoms with Crippen LogP contribution in [0.15, 0.2) is 47.6 Å². The lowest BCUT2D eigenvalue weighted by Gasteiger charge is -2.10. The molecule has 0 aliphatic rings. The number of thioether (sulfide) groups is 1. The van der Waals surface area contributed by atoms with Gasteiger partial charge < -0.3 is 0 Å². The highest BCUT2D eigenvalue weighted by Gasteiger charge is 2.30. The maximum atomic E-state index is 12.5. The van der Waals surface area contributed by atoms with Gasteiger partial charge in [-0.3, -0.25) is 0 Å². The highest BCUT2D eigenvalue weighted by atomic mass is 32.2. The predicted octanol–water partition coefficient (Wildman–Crippen LogP) is 4.88. The summed E-state index contributed by atoms with van der Waals surface area (Å²) in [7, 11) is 0. The molecule has 0 atom stereocenters. The van der Waals surface area contributed by atoms with Crippen LogP contribution in [-0.2, 0) is 6.18 Å². The van der Waals surface area contributed by atoms with Gasteiger partial charge in [0.1, 0.15) is 5.03 Å². The third kappa shape index (κ3) is 3.29. The quantitative estimate of drug-likeness (QED) is 0.745. The van der Waals surface area contributed by atoms with E-state index in [-0.39, 0.29) is 0 Å².